The number of hydrogen-bond acceptors (Lipinski definition) is 5. The van der Waals surface area contributed by atoms with E-state index in [2.05, 4.69) is 10.6 Å². The van der Waals surface area contributed by atoms with E-state index in [-0.39, 0.29) is 11.8 Å². The summed E-state index contributed by atoms with van der Waals surface area (Å²) >= 11 is 0. The largest absolute Gasteiger partial charge is 0.497 e. The molecule has 0 atom stereocenters. The number of methoxy groups -OCH3 is 2. The third-order valence-electron chi connectivity index (χ3n) is 5.57. The van der Waals surface area contributed by atoms with E-state index in [4.69, 9.17) is 14.5 Å². The number of fused-ring (bicyclic) bond motifs is 1. The maximum Gasteiger partial charge on any atom is 0.255 e. The number of nitrogens with zero attached hydrogens (tertiary/aromatic N) is 2. The van der Waals surface area contributed by atoms with E-state index >= 15 is 0 Å². The van der Waals surface area contributed by atoms with Crippen LogP contribution < -0.4 is 20.1 Å². The van der Waals surface area contributed by atoms with Crippen molar-refractivity contribution in [2.45, 2.75) is 6.42 Å². The quantitative estimate of drug-likeness (QED) is 0.419. The molecule has 0 unspecified atom stereocenters. The molecule has 3 aromatic carbocycles. The van der Waals surface area contributed by atoms with E-state index in [1.807, 2.05) is 35.9 Å². The summed E-state index contributed by atoms with van der Waals surface area (Å²) in [6.45, 7) is 0.426. The summed E-state index contributed by atoms with van der Waals surface area (Å²) in [6, 6.07) is 19.6. The predicted molar refractivity (Wildman–Crippen MR) is 131 cm³/mol. The minimum atomic E-state index is -0.211. The lowest BCUT2D eigenvalue weighted by molar-refractivity contribution is 0.0950. The molecule has 4 rings (SSSR count). The van der Waals surface area contributed by atoms with Crippen LogP contribution in [0.2, 0.25) is 0 Å². The molecule has 1 heterocycles. The van der Waals surface area contributed by atoms with E-state index in [1.54, 1.807) is 56.7 Å². The number of benzene rings is 3. The molecule has 0 aliphatic rings. The molecule has 0 spiro atoms. The van der Waals surface area contributed by atoms with Crippen LogP contribution in [-0.2, 0) is 13.5 Å². The molecular weight excluding hydrogens is 432 g/mol. The molecule has 0 saturated heterocycles. The standard InChI is InChI=1S/C26H26N4O4/c1-30-22-13-10-18(28-25(31)17-8-11-19(33-2)12-9-17)16-21(22)29-24(30)14-15-27-26(32)20-6-4-5-7-23(20)34-3/h4-13,16H,14-15H2,1-3H3,(H,27,32)(H,28,31). The van der Waals surface area contributed by atoms with Gasteiger partial charge < -0.3 is 24.7 Å². The average molecular weight is 459 g/mol. The summed E-state index contributed by atoms with van der Waals surface area (Å²) in [6.07, 6.45) is 0.555. The number of carbonyl (C=O) groups excluding carboxylic acids is 2. The van der Waals surface area contributed by atoms with Gasteiger partial charge in [0.25, 0.3) is 11.8 Å². The van der Waals surface area contributed by atoms with Crippen LogP contribution in [0.15, 0.2) is 66.7 Å². The molecule has 34 heavy (non-hydrogen) atoms. The van der Waals surface area contributed by atoms with Crippen molar-refractivity contribution in [3.8, 4) is 11.5 Å². The van der Waals surface area contributed by atoms with E-state index in [9.17, 15) is 9.59 Å². The van der Waals surface area contributed by atoms with E-state index in [0.717, 1.165) is 16.9 Å². The molecule has 0 bridgehead atoms. The minimum Gasteiger partial charge on any atom is -0.497 e. The zero-order valence-corrected chi connectivity index (χ0v) is 19.3. The molecule has 2 N–H and O–H groups in total. The topological polar surface area (TPSA) is 94.5 Å². The first kappa shape index (κ1) is 22.8. The monoisotopic (exact) mass is 458 g/mol. The number of aromatic nitrogens is 2. The van der Waals surface area contributed by atoms with Crippen LogP contribution in [0, 0.1) is 0 Å². The van der Waals surface area contributed by atoms with Gasteiger partial charge in [-0.2, -0.15) is 0 Å². The lowest BCUT2D eigenvalue weighted by atomic mass is 10.2. The van der Waals surface area contributed by atoms with Crippen LogP contribution in [0.25, 0.3) is 11.0 Å². The van der Waals surface area contributed by atoms with E-state index < -0.39 is 0 Å². The van der Waals surface area contributed by atoms with Crippen molar-refractivity contribution in [1.29, 1.82) is 0 Å². The molecule has 8 nitrogen and oxygen atoms in total. The van der Waals surface area contributed by atoms with Crippen molar-refractivity contribution in [2.75, 3.05) is 26.1 Å². The highest BCUT2D eigenvalue weighted by Gasteiger charge is 2.13. The third-order valence-corrected chi connectivity index (χ3v) is 5.57. The second kappa shape index (κ2) is 10.1. The van der Waals surface area contributed by atoms with Gasteiger partial charge in [0.2, 0.25) is 0 Å². The third kappa shape index (κ3) is 4.85. The Morgan fingerprint density at radius 2 is 1.71 bits per heavy atom. The summed E-state index contributed by atoms with van der Waals surface area (Å²) in [5, 5.41) is 5.83. The molecule has 0 saturated carbocycles. The highest BCUT2D eigenvalue weighted by molar-refractivity contribution is 6.05. The second-order valence-electron chi connectivity index (χ2n) is 7.68. The molecule has 1 aromatic heterocycles. The Balaban J connectivity index is 1.42. The van der Waals surface area contributed by atoms with Gasteiger partial charge in [0.05, 0.1) is 30.8 Å². The molecule has 0 aliphatic carbocycles. The number of ether oxygens (including phenoxy) is 2. The first-order valence-corrected chi connectivity index (χ1v) is 10.8. The van der Waals surface area contributed by atoms with Gasteiger partial charge in [-0.3, -0.25) is 9.59 Å². The van der Waals surface area contributed by atoms with Crippen LogP contribution in [0.3, 0.4) is 0 Å². The number of amides is 2. The number of aryl methyl sites for hydroxylation is 1. The Morgan fingerprint density at radius 1 is 0.941 bits per heavy atom. The Labute approximate surface area is 197 Å². The van der Waals surface area contributed by atoms with Crippen LogP contribution in [0.1, 0.15) is 26.5 Å². The molecule has 4 aromatic rings. The highest BCUT2D eigenvalue weighted by atomic mass is 16.5. The number of nitrogens with one attached hydrogen (secondary N) is 2. The van der Waals surface area contributed by atoms with Gasteiger partial charge in [0.1, 0.15) is 17.3 Å². The number of imidazole rings is 1. The summed E-state index contributed by atoms with van der Waals surface area (Å²) in [4.78, 5) is 29.8. The average Bonchev–Trinajstić information content (AvgIpc) is 3.18. The number of anilines is 1. The number of para-hydroxylation sites is 1. The van der Waals surface area contributed by atoms with Crippen molar-refractivity contribution in [1.82, 2.24) is 14.9 Å². The van der Waals surface area contributed by atoms with Crippen molar-refractivity contribution < 1.29 is 19.1 Å². The SMILES string of the molecule is COc1ccc(C(=O)Nc2ccc3c(c2)nc(CCNC(=O)c2ccccc2OC)n3C)cc1. The Hall–Kier alpha value is -4.33. The number of rotatable bonds is 8. The highest BCUT2D eigenvalue weighted by Crippen LogP contribution is 2.21. The Morgan fingerprint density at radius 3 is 2.44 bits per heavy atom. The summed E-state index contributed by atoms with van der Waals surface area (Å²) in [7, 11) is 5.06. The van der Waals surface area contributed by atoms with Crippen molar-refractivity contribution >= 4 is 28.5 Å². The fourth-order valence-corrected chi connectivity index (χ4v) is 3.71. The van der Waals surface area contributed by atoms with Crippen molar-refractivity contribution in [2.24, 2.45) is 7.05 Å². The van der Waals surface area contributed by atoms with Crippen LogP contribution >= 0.6 is 0 Å². The van der Waals surface area contributed by atoms with Gasteiger partial charge in [-0.15, -0.1) is 0 Å². The van der Waals surface area contributed by atoms with Crippen LogP contribution in [-0.4, -0.2) is 42.1 Å². The van der Waals surface area contributed by atoms with Crippen molar-refractivity contribution in [3.05, 3.63) is 83.7 Å². The zero-order chi connectivity index (χ0) is 24.1. The molecule has 174 valence electrons. The zero-order valence-electron chi connectivity index (χ0n) is 19.3. The molecule has 0 fully saturated rings. The van der Waals surface area contributed by atoms with Crippen molar-refractivity contribution in [3.63, 3.8) is 0 Å². The molecule has 8 heteroatoms. The molecule has 0 radical (unpaired) electrons. The molecule has 2 amide bonds. The maximum absolute atomic E-state index is 12.6. The van der Waals surface area contributed by atoms with Gasteiger partial charge in [-0.1, -0.05) is 12.1 Å². The van der Waals surface area contributed by atoms with Crippen LogP contribution in [0.4, 0.5) is 5.69 Å². The van der Waals surface area contributed by atoms with Gasteiger partial charge >= 0.3 is 0 Å². The first-order chi connectivity index (χ1) is 16.5. The van der Waals surface area contributed by atoms with E-state index in [1.165, 1.54) is 0 Å². The van der Waals surface area contributed by atoms with Crippen LogP contribution in [0.5, 0.6) is 11.5 Å². The second-order valence-corrected chi connectivity index (χ2v) is 7.68. The summed E-state index contributed by atoms with van der Waals surface area (Å²) < 4.78 is 12.4. The van der Waals surface area contributed by atoms with Gasteiger partial charge in [0.15, 0.2) is 0 Å². The van der Waals surface area contributed by atoms with Gasteiger partial charge in [-0.25, -0.2) is 4.98 Å². The summed E-state index contributed by atoms with van der Waals surface area (Å²) in [5.41, 5.74) is 3.39. The smallest absolute Gasteiger partial charge is 0.255 e. The van der Waals surface area contributed by atoms with Gasteiger partial charge in [-0.05, 0) is 54.6 Å². The fraction of sp³-hybridized carbons (Fsp3) is 0.192. The number of carbonyl (C=O) groups is 2. The van der Waals surface area contributed by atoms with E-state index in [0.29, 0.717) is 41.3 Å². The molecular formula is C26H26N4O4. The lowest BCUT2D eigenvalue weighted by Gasteiger charge is -2.09. The van der Waals surface area contributed by atoms with Gasteiger partial charge in [0, 0.05) is 31.3 Å². The lowest BCUT2D eigenvalue weighted by Crippen LogP contribution is -2.26. The Kier molecular flexibility index (Phi) is 6.77. The predicted octanol–water partition coefficient (Wildman–Crippen LogP) is 3.82. The fourth-order valence-electron chi connectivity index (χ4n) is 3.71. The molecule has 0 aliphatic heterocycles. The maximum atomic E-state index is 12.6. The minimum absolute atomic E-state index is 0.195. The normalized spacial score (nSPS) is 10.7. The Bertz CT molecular complexity index is 1330. The number of hydrogen-bond donors (Lipinski definition) is 2. The first-order valence-electron chi connectivity index (χ1n) is 10.8. The summed E-state index contributed by atoms with van der Waals surface area (Å²) in [5.74, 6) is 1.65.